The van der Waals surface area contributed by atoms with Gasteiger partial charge < -0.3 is 14.9 Å². The van der Waals surface area contributed by atoms with Crippen LogP contribution in [-0.2, 0) is 16.0 Å². The van der Waals surface area contributed by atoms with Crippen molar-refractivity contribution in [3.63, 3.8) is 0 Å². The number of para-hydroxylation sites is 1. The topological polar surface area (TPSA) is 79.1 Å². The van der Waals surface area contributed by atoms with Crippen LogP contribution in [-0.4, -0.2) is 28.3 Å². The summed E-state index contributed by atoms with van der Waals surface area (Å²) >= 11 is 1.21. The second kappa shape index (κ2) is 8.14. The number of aliphatic hydroxyl groups is 1. The highest BCUT2D eigenvalue weighted by Crippen LogP contribution is 2.40. The Morgan fingerprint density at radius 3 is 2.52 bits per heavy atom. The Hall–Kier alpha value is -2.99. The van der Waals surface area contributed by atoms with E-state index < -0.39 is 5.97 Å². The summed E-state index contributed by atoms with van der Waals surface area (Å²) in [5.41, 5.74) is 2.63. The summed E-state index contributed by atoms with van der Waals surface area (Å²) in [5.74, 6) is -0.640. The Morgan fingerprint density at radius 1 is 1.15 bits per heavy atom. The fraction of sp³-hybridized carbons (Fsp3) is 0.143. The number of benzene rings is 2. The number of aromatic hydroxyl groups is 1. The minimum absolute atomic E-state index is 0.0541. The second-order valence-electron chi connectivity index (χ2n) is 5.82. The van der Waals surface area contributed by atoms with Crippen molar-refractivity contribution in [1.82, 2.24) is 0 Å². The maximum atomic E-state index is 12.2. The Labute approximate surface area is 161 Å². The van der Waals surface area contributed by atoms with Gasteiger partial charge in [0, 0.05) is 0 Å². The molecular weight excluding hydrogens is 362 g/mol. The quantitative estimate of drug-likeness (QED) is 0.747. The summed E-state index contributed by atoms with van der Waals surface area (Å²) in [6.07, 6.45) is 2.54. The number of phenols is 1. The number of ether oxygens (including phenoxy) is 1. The number of esters is 1. The van der Waals surface area contributed by atoms with E-state index in [9.17, 15) is 15.0 Å². The number of aliphatic hydroxyl groups excluding tert-OH is 1. The Bertz CT molecular complexity index is 958. The van der Waals surface area contributed by atoms with E-state index in [-0.39, 0.29) is 17.1 Å². The number of rotatable bonds is 4. The molecule has 1 aliphatic rings. The molecule has 3 rings (SSSR count). The zero-order valence-electron chi connectivity index (χ0n) is 15.0. The maximum Gasteiger partial charge on any atom is 0.344 e. The lowest BCUT2D eigenvalue weighted by atomic mass is 10.1. The lowest BCUT2D eigenvalue weighted by Gasteiger charge is -2.05. The number of thioether (sulfide) groups is 1. The van der Waals surface area contributed by atoms with Crippen LogP contribution in [0.4, 0.5) is 5.69 Å². The molecule has 138 valence electrons. The zero-order chi connectivity index (χ0) is 19.4. The smallest absolute Gasteiger partial charge is 0.344 e. The van der Waals surface area contributed by atoms with Crippen LogP contribution >= 0.6 is 11.8 Å². The molecule has 0 spiro atoms. The van der Waals surface area contributed by atoms with Gasteiger partial charge in [0.2, 0.25) is 0 Å². The van der Waals surface area contributed by atoms with Crippen LogP contribution in [0.5, 0.6) is 5.75 Å². The van der Waals surface area contributed by atoms with Crippen molar-refractivity contribution in [3.8, 4) is 5.75 Å². The summed E-state index contributed by atoms with van der Waals surface area (Å²) in [6.45, 7) is 2.03. The third kappa shape index (κ3) is 4.06. The van der Waals surface area contributed by atoms with Gasteiger partial charge >= 0.3 is 5.97 Å². The van der Waals surface area contributed by atoms with Crippen LogP contribution in [0.25, 0.3) is 6.08 Å². The van der Waals surface area contributed by atoms with Gasteiger partial charge in [0.15, 0.2) is 0 Å². The molecule has 0 aliphatic carbocycles. The van der Waals surface area contributed by atoms with E-state index in [0.717, 1.165) is 23.2 Å². The van der Waals surface area contributed by atoms with Gasteiger partial charge in [0.1, 0.15) is 22.1 Å². The summed E-state index contributed by atoms with van der Waals surface area (Å²) in [6, 6.07) is 14.2. The van der Waals surface area contributed by atoms with Gasteiger partial charge in [-0.1, -0.05) is 49.0 Å². The lowest BCUT2D eigenvalue weighted by molar-refractivity contribution is -0.135. The number of phenolic OH excluding ortho intramolecular Hbond substituents is 1. The molecule has 6 heteroatoms. The molecule has 0 unspecified atom stereocenters. The predicted molar refractivity (Wildman–Crippen MR) is 108 cm³/mol. The van der Waals surface area contributed by atoms with E-state index in [1.165, 1.54) is 18.9 Å². The average molecular weight is 381 g/mol. The molecule has 0 fully saturated rings. The van der Waals surface area contributed by atoms with Crippen molar-refractivity contribution < 1.29 is 19.7 Å². The van der Waals surface area contributed by atoms with Crippen LogP contribution in [0.1, 0.15) is 18.1 Å². The van der Waals surface area contributed by atoms with E-state index >= 15 is 0 Å². The first kappa shape index (κ1) is 18.8. The standard InChI is InChI=1S/C21H19NO4S/c1-3-14-6-4-5-7-16(14)22-20-18(21(25)26-2)19(24)17(27-20)12-13-8-10-15(23)11-9-13/h4-12,23-24H,3H2,1-2H3. The SMILES string of the molecule is CCc1ccccc1N=C1SC(=Cc2ccc(O)cc2)C(O)=C1C(=O)OC. The molecule has 0 bridgehead atoms. The number of carbonyl (C=O) groups is 1. The molecule has 27 heavy (non-hydrogen) atoms. The molecule has 0 saturated carbocycles. The van der Waals surface area contributed by atoms with E-state index in [1.54, 1.807) is 30.3 Å². The van der Waals surface area contributed by atoms with Gasteiger partial charge in [-0.3, -0.25) is 0 Å². The highest BCUT2D eigenvalue weighted by molar-refractivity contribution is 8.18. The molecule has 1 aliphatic heterocycles. The number of hydrogen-bond donors (Lipinski definition) is 2. The molecule has 2 aromatic carbocycles. The molecule has 2 N–H and O–H groups in total. The molecule has 0 amide bonds. The van der Waals surface area contributed by atoms with Gasteiger partial charge in [-0.05, 0) is 41.8 Å². The van der Waals surface area contributed by atoms with Crippen LogP contribution in [0.2, 0.25) is 0 Å². The number of hydrogen-bond acceptors (Lipinski definition) is 6. The average Bonchev–Trinajstić information content (AvgIpc) is 2.98. The predicted octanol–water partition coefficient (Wildman–Crippen LogP) is 4.76. The largest absolute Gasteiger partial charge is 0.508 e. The van der Waals surface area contributed by atoms with Crippen LogP contribution in [0.3, 0.4) is 0 Å². The van der Waals surface area contributed by atoms with E-state index in [2.05, 4.69) is 4.99 Å². The van der Waals surface area contributed by atoms with Crippen molar-refractivity contribution in [2.45, 2.75) is 13.3 Å². The molecular formula is C21H19NO4S. The minimum atomic E-state index is -0.637. The third-order valence-corrected chi connectivity index (χ3v) is 5.09. The first-order valence-corrected chi connectivity index (χ1v) is 9.22. The first-order chi connectivity index (χ1) is 13.0. The summed E-state index contributed by atoms with van der Waals surface area (Å²) in [4.78, 5) is 17.3. The van der Waals surface area contributed by atoms with E-state index in [4.69, 9.17) is 4.74 Å². The van der Waals surface area contributed by atoms with Crippen molar-refractivity contribution in [2.75, 3.05) is 7.11 Å². The van der Waals surface area contributed by atoms with Crippen LogP contribution < -0.4 is 0 Å². The Balaban J connectivity index is 2.06. The summed E-state index contributed by atoms with van der Waals surface area (Å²) in [7, 11) is 1.27. The number of aliphatic imine (C=N–C) groups is 1. The van der Waals surface area contributed by atoms with Crippen molar-refractivity contribution in [1.29, 1.82) is 0 Å². The Morgan fingerprint density at radius 2 is 1.85 bits per heavy atom. The van der Waals surface area contributed by atoms with Crippen LogP contribution in [0.15, 0.2) is 69.8 Å². The number of nitrogens with zero attached hydrogens (tertiary/aromatic N) is 1. The van der Waals surface area contributed by atoms with Crippen LogP contribution in [0, 0.1) is 0 Å². The van der Waals surface area contributed by atoms with Crippen molar-refractivity contribution in [3.05, 3.63) is 75.9 Å². The van der Waals surface area contributed by atoms with Gasteiger partial charge in [0.25, 0.3) is 0 Å². The monoisotopic (exact) mass is 381 g/mol. The van der Waals surface area contributed by atoms with Gasteiger partial charge in [-0.25, -0.2) is 9.79 Å². The molecule has 1 heterocycles. The van der Waals surface area contributed by atoms with Gasteiger partial charge in [0.05, 0.1) is 17.7 Å². The fourth-order valence-electron chi connectivity index (χ4n) is 2.64. The Kier molecular flexibility index (Phi) is 5.66. The summed E-state index contributed by atoms with van der Waals surface area (Å²) < 4.78 is 4.83. The molecule has 0 atom stereocenters. The van der Waals surface area contributed by atoms with Crippen molar-refractivity contribution >= 4 is 34.5 Å². The molecule has 5 nitrogen and oxygen atoms in total. The molecule has 0 aromatic heterocycles. The molecule has 0 radical (unpaired) electrons. The minimum Gasteiger partial charge on any atom is -0.508 e. The third-order valence-electron chi connectivity index (χ3n) is 4.07. The normalized spacial score (nSPS) is 17.0. The maximum absolute atomic E-state index is 12.2. The van der Waals surface area contributed by atoms with Gasteiger partial charge in [-0.2, -0.15) is 0 Å². The number of aryl methyl sites for hydroxylation is 1. The first-order valence-electron chi connectivity index (χ1n) is 8.41. The second-order valence-corrected chi connectivity index (χ2v) is 6.85. The fourth-order valence-corrected chi connectivity index (χ4v) is 3.67. The van der Waals surface area contributed by atoms with Gasteiger partial charge in [-0.15, -0.1) is 0 Å². The van der Waals surface area contributed by atoms with E-state index in [0.29, 0.717) is 9.95 Å². The number of carbonyl (C=O) groups excluding carboxylic acids is 1. The highest BCUT2D eigenvalue weighted by Gasteiger charge is 2.33. The van der Waals surface area contributed by atoms with E-state index in [1.807, 2.05) is 31.2 Å². The highest BCUT2D eigenvalue weighted by atomic mass is 32.2. The lowest BCUT2D eigenvalue weighted by Crippen LogP contribution is -2.10. The molecule has 0 saturated heterocycles. The molecule has 2 aromatic rings. The number of methoxy groups -OCH3 is 1. The zero-order valence-corrected chi connectivity index (χ0v) is 15.8. The van der Waals surface area contributed by atoms with Crippen molar-refractivity contribution in [2.24, 2.45) is 4.99 Å². The summed E-state index contributed by atoms with van der Waals surface area (Å²) in [5, 5.41) is 20.4.